The first-order chi connectivity index (χ1) is 16.1. The van der Waals surface area contributed by atoms with Gasteiger partial charge in [-0.25, -0.2) is 4.79 Å². The highest BCUT2D eigenvalue weighted by atomic mass is 32.1. The van der Waals surface area contributed by atoms with E-state index in [1.165, 1.54) is 16.2 Å². The van der Waals surface area contributed by atoms with Crippen LogP contribution in [0.25, 0.3) is 10.2 Å². The molecule has 0 bridgehead atoms. The maximum atomic E-state index is 12.7. The molecule has 166 valence electrons. The average Bonchev–Trinajstić information content (AvgIpc) is 3.40. The summed E-state index contributed by atoms with van der Waals surface area (Å²) in [6.07, 6.45) is 0.183. The number of para-hydroxylation sites is 1. The van der Waals surface area contributed by atoms with Crippen LogP contribution in [-0.4, -0.2) is 34.8 Å². The lowest BCUT2D eigenvalue weighted by molar-refractivity contribution is -0.121. The number of carbonyl (C=O) groups is 2. The first kappa shape index (κ1) is 22.2. The van der Waals surface area contributed by atoms with Crippen LogP contribution < -0.4 is 4.90 Å². The highest BCUT2D eigenvalue weighted by molar-refractivity contribution is 7.20. The van der Waals surface area contributed by atoms with Crippen molar-refractivity contribution in [1.82, 2.24) is 9.78 Å². The molecule has 0 atom stereocenters. The van der Waals surface area contributed by atoms with Crippen LogP contribution in [0.2, 0.25) is 0 Å². The third kappa shape index (κ3) is 5.10. The fourth-order valence-electron chi connectivity index (χ4n) is 3.52. The summed E-state index contributed by atoms with van der Waals surface area (Å²) in [5.74, 6) is -0.930. The van der Waals surface area contributed by atoms with Gasteiger partial charge in [0.25, 0.3) is 5.91 Å². The van der Waals surface area contributed by atoms with Gasteiger partial charge < -0.3 is 9.64 Å². The Balaban J connectivity index is 1.47. The largest absolute Gasteiger partial charge is 0.451 e. The third-order valence-electron chi connectivity index (χ3n) is 5.13. The molecule has 4 aromatic rings. The number of aryl methyl sites for hydroxylation is 1. The molecule has 0 aliphatic rings. The van der Waals surface area contributed by atoms with E-state index < -0.39 is 12.6 Å². The minimum atomic E-state index is -0.552. The SMILES string of the molecule is Cc1nn(Cc2ccccc2)c2sc(C(=O)OCC(=O)N(CCC#N)c3ccccc3)cc12. The lowest BCUT2D eigenvalue weighted by atomic mass is 10.2. The van der Waals surface area contributed by atoms with Gasteiger partial charge >= 0.3 is 5.97 Å². The van der Waals surface area contributed by atoms with Crippen molar-refractivity contribution in [3.8, 4) is 6.07 Å². The summed E-state index contributed by atoms with van der Waals surface area (Å²) in [6, 6.07) is 22.8. The number of nitrogens with zero attached hydrogens (tertiary/aromatic N) is 4. The Labute approximate surface area is 195 Å². The Morgan fingerprint density at radius 1 is 1.12 bits per heavy atom. The maximum Gasteiger partial charge on any atom is 0.348 e. The number of fused-ring (bicyclic) bond motifs is 1. The van der Waals surface area contributed by atoms with Crippen molar-refractivity contribution < 1.29 is 14.3 Å². The molecule has 8 heteroatoms. The number of anilines is 1. The second kappa shape index (κ2) is 10.1. The van der Waals surface area contributed by atoms with Crippen LogP contribution in [0.3, 0.4) is 0 Å². The number of aromatic nitrogens is 2. The van der Waals surface area contributed by atoms with E-state index >= 15 is 0 Å². The molecule has 0 radical (unpaired) electrons. The Kier molecular flexibility index (Phi) is 6.81. The van der Waals surface area contributed by atoms with Gasteiger partial charge in [-0.05, 0) is 30.7 Å². The zero-order valence-corrected chi connectivity index (χ0v) is 18.9. The van der Waals surface area contributed by atoms with Gasteiger partial charge in [0.05, 0.1) is 24.7 Å². The number of rotatable bonds is 8. The summed E-state index contributed by atoms with van der Waals surface area (Å²) in [7, 11) is 0. The average molecular weight is 459 g/mol. The van der Waals surface area contributed by atoms with Crippen molar-refractivity contribution in [1.29, 1.82) is 5.26 Å². The van der Waals surface area contributed by atoms with Crippen molar-refractivity contribution in [3.63, 3.8) is 0 Å². The number of carbonyl (C=O) groups excluding carboxylic acids is 2. The molecule has 7 nitrogen and oxygen atoms in total. The third-order valence-corrected chi connectivity index (χ3v) is 6.26. The van der Waals surface area contributed by atoms with E-state index in [9.17, 15) is 9.59 Å². The number of hydrogen-bond acceptors (Lipinski definition) is 6. The van der Waals surface area contributed by atoms with Gasteiger partial charge in [-0.1, -0.05) is 48.5 Å². The van der Waals surface area contributed by atoms with Crippen LogP contribution in [-0.2, 0) is 16.1 Å². The first-order valence-corrected chi connectivity index (χ1v) is 11.3. The van der Waals surface area contributed by atoms with Gasteiger partial charge in [-0.3, -0.25) is 9.48 Å². The van der Waals surface area contributed by atoms with E-state index in [4.69, 9.17) is 10.00 Å². The molecule has 0 aliphatic carbocycles. The molecule has 0 spiro atoms. The highest BCUT2D eigenvalue weighted by Gasteiger charge is 2.21. The molecule has 4 rings (SSSR count). The second-order valence-corrected chi connectivity index (χ2v) is 8.45. The van der Waals surface area contributed by atoms with Crippen LogP contribution in [0, 0.1) is 18.3 Å². The van der Waals surface area contributed by atoms with E-state index in [0.29, 0.717) is 17.1 Å². The van der Waals surface area contributed by atoms with Crippen molar-refractivity contribution in [2.45, 2.75) is 19.9 Å². The van der Waals surface area contributed by atoms with Crippen LogP contribution in [0.1, 0.15) is 27.3 Å². The molecule has 2 aromatic carbocycles. The van der Waals surface area contributed by atoms with Crippen molar-refractivity contribution in [2.75, 3.05) is 18.1 Å². The van der Waals surface area contributed by atoms with Crippen molar-refractivity contribution >= 4 is 39.1 Å². The zero-order valence-electron chi connectivity index (χ0n) is 18.1. The van der Waals surface area contributed by atoms with Gasteiger partial charge in [0.2, 0.25) is 0 Å². The topological polar surface area (TPSA) is 88.2 Å². The predicted octanol–water partition coefficient (Wildman–Crippen LogP) is 4.56. The molecule has 33 heavy (non-hydrogen) atoms. The molecule has 0 N–H and O–H groups in total. The number of benzene rings is 2. The summed E-state index contributed by atoms with van der Waals surface area (Å²) in [5, 5.41) is 14.4. The Hall–Kier alpha value is -3.96. The number of nitriles is 1. The Morgan fingerprint density at radius 3 is 2.52 bits per heavy atom. The molecule has 0 unspecified atom stereocenters. The van der Waals surface area contributed by atoms with Crippen LogP contribution in [0.5, 0.6) is 0 Å². The maximum absolute atomic E-state index is 12.7. The first-order valence-electron chi connectivity index (χ1n) is 10.5. The van der Waals surface area contributed by atoms with Gasteiger partial charge in [-0.15, -0.1) is 11.3 Å². The predicted molar refractivity (Wildman–Crippen MR) is 127 cm³/mol. The normalized spacial score (nSPS) is 10.7. The van der Waals surface area contributed by atoms with Crippen molar-refractivity contribution in [3.05, 3.63) is 82.9 Å². The Morgan fingerprint density at radius 2 is 1.82 bits per heavy atom. The van der Waals surface area contributed by atoms with Crippen molar-refractivity contribution in [2.24, 2.45) is 0 Å². The molecule has 2 aromatic heterocycles. The van der Waals surface area contributed by atoms with Crippen LogP contribution in [0.4, 0.5) is 5.69 Å². The second-order valence-electron chi connectivity index (χ2n) is 7.42. The fourth-order valence-corrected chi connectivity index (χ4v) is 4.58. The Bertz CT molecular complexity index is 1310. The zero-order chi connectivity index (χ0) is 23.2. The molecule has 0 saturated carbocycles. The lowest BCUT2D eigenvalue weighted by Gasteiger charge is -2.21. The molecule has 0 saturated heterocycles. The number of thiophene rings is 1. The highest BCUT2D eigenvalue weighted by Crippen LogP contribution is 2.29. The van der Waals surface area contributed by atoms with E-state index in [-0.39, 0.29) is 18.9 Å². The standard InChI is InChI=1S/C25H22N4O3S/c1-18-21-15-22(33-24(21)29(27-18)16-19-9-4-2-5-10-19)25(31)32-17-23(30)28(14-8-13-26)20-11-6-3-7-12-20/h2-7,9-12,15H,8,14,16-17H2,1H3. The smallest absolute Gasteiger partial charge is 0.348 e. The summed E-state index contributed by atoms with van der Waals surface area (Å²) in [5.41, 5.74) is 2.61. The van der Waals surface area contributed by atoms with Gasteiger partial charge in [0, 0.05) is 17.6 Å². The lowest BCUT2D eigenvalue weighted by Crippen LogP contribution is -2.35. The fraction of sp³-hybridized carbons (Fsp3) is 0.200. The summed E-state index contributed by atoms with van der Waals surface area (Å²) >= 11 is 1.30. The molecular formula is C25H22N4O3S. The van der Waals surface area contributed by atoms with E-state index in [0.717, 1.165) is 21.5 Å². The molecular weight excluding hydrogens is 436 g/mol. The van der Waals surface area contributed by atoms with E-state index in [2.05, 4.69) is 5.10 Å². The van der Waals surface area contributed by atoms with E-state index in [1.54, 1.807) is 18.2 Å². The molecule has 1 amide bonds. The van der Waals surface area contributed by atoms with Gasteiger partial charge in [-0.2, -0.15) is 10.4 Å². The minimum Gasteiger partial charge on any atom is -0.451 e. The minimum absolute atomic E-state index is 0.183. The van der Waals surface area contributed by atoms with Crippen LogP contribution in [0.15, 0.2) is 66.7 Å². The monoisotopic (exact) mass is 458 g/mol. The number of esters is 1. The quantitative estimate of drug-likeness (QED) is 0.361. The summed E-state index contributed by atoms with van der Waals surface area (Å²) < 4.78 is 7.22. The molecule has 2 heterocycles. The summed E-state index contributed by atoms with van der Waals surface area (Å²) in [6.45, 7) is 2.34. The number of ether oxygens (including phenoxy) is 1. The molecule has 0 aliphatic heterocycles. The number of amides is 1. The van der Waals surface area contributed by atoms with Crippen LogP contribution >= 0.6 is 11.3 Å². The van der Waals surface area contributed by atoms with Gasteiger partial charge in [0.1, 0.15) is 9.71 Å². The number of hydrogen-bond donors (Lipinski definition) is 0. The summed E-state index contributed by atoms with van der Waals surface area (Å²) in [4.78, 5) is 28.2. The molecule has 0 fully saturated rings. The van der Waals surface area contributed by atoms with E-state index in [1.807, 2.05) is 66.2 Å². The van der Waals surface area contributed by atoms with Gasteiger partial charge in [0.15, 0.2) is 6.61 Å².